The average molecular weight is 184 g/mol. The molecule has 1 amide bonds. The molecule has 1 aliphatic heterocycles. The first-order valence-corrected chi connectivity index (χ1v) is 5.07. The fraction of sp³-hybridized carbons (Fsp3) is 0.900. The van der Waals surface area contributed by atoms with Crippen LogP contribution in [-0.2, 0) is 4.79 Å². The maximum absolute atomic E-state index is 10.8. The molecule has 0 bridgehead atoms. The maximum Gasteiger partial charge on any atom is 0.217 e. The van der Waals surface area contributed by atoms with E-state index in [2.05, 4.69) is 24.1 Å². The molecule has 0 aliphatic carbocycles. The van der Waals surface area contributed by atoms with Crippen LogP contribution in [0.2, 0.25) is 0 Å². The van der Waals surface area contributed by atoms with E-state index in [1.807, 2.05) is 0 Å². The summed E-state index contributed by atoms with van der Waals surface area (Å²) in [5.74, 6) is 0.812. The maximum atomic E-state index is 10.8. The fourth-order valence-corrected chi connectivity index (χ4v) is 1.92. The summed E-state index contributed by atoms with van der Waals surface area (Å²) in [6.07, 6.45) is 1.10. The lowest BCUT2D eigenvalue weighted by atomic mass is 10.2. The van der Waals surface area contributed by atoms with Crippen molar-refractivity contribution in [1.82, 2.24) is 10.2 Å². The first-order chi connectivity index (χ1) is 6.08. The Labute approximate surface area is 80.5 Å². The van der Waals surface area contributed by atoms with Gasteiger partial charge in [0.2, 0.25) is 5.91 Å². The van der Waals surface area contributed by atoms with Crippen LogP contribution >= 0.6 is 0 Å². The smallest absolute Gasteiger partial charge is 0.217 e. The SMILES string of the molecule is CC(=O)NC1CCN(CC(C)C)C1. The second kappa shape index (κ2) is 4.61. The van der Waals surface area contributed by atoms with Crippen LogP contribution in [0.15, 0.2) is 0 Å². The Hall–Kier alpha value is -0.570. The minimum atomic E-state index is 0.0939. The van der Waals surface area contributed by atoms with Gasteiger partial charge >= 0.3 is 0 Å². The zero-order valence-corrected chi connectivity index (χ0v) is 8.84. The molecule has 1 saturated heterocycles. The average Bonchev–Trinajstić information content (AvgIpc) is 2.33. The van der Waals surface area contributed by atoms with Crippen LogP contribution in [0.1, 0.15) is 27.2 Å². The summed E-state index contributed by atoms with van der Waals surface area (Å²) in [6, 6.07) is 0.385. The Morgan fingerprint density at radius 2 is 2.31 bits per heavy atom. The first kappa shape index (κ1) is 10.5. The molecule has 1 aliphatic rings. The summed E-state index contributed by atoms with van der Waals surface area (Å²) in [7, 11) is 0. The van der Waals surface area contributed by atoms with Gasteiger partial charge in [0.1, 0.15) is 0 Å². The van der Waals surface area contributed by atoms with Crippen LogP contribution < -0.4 is 5.32 Å². The predicted octanol–water partition coefficient (Wildman–Crippen LogP) is 0.853. The molecule has 3 heteroatoms. The van der Waals surface area contributed by atoms with Crippen LogP contribution in [0.25, 0.3) is 0 Å². The number of hydrogen-bond acceptors (Lipinski definition) is 2. The highest BCUT2D eigenvalue weighted by Gasteiger charge is 2.22. The monoisotopic (exact) mass is 184 g/mol. The van der Waals surface area contributed by atoms with Crippen molar-refractivity contribution in [2.45, 2.75) is 33.2 Å². The molecule has 0 saturated carbocycles. The van der Waals surface area contributed by atoms with Crippen LogP contribution in [0, 0.1) is 5.92 Å². The lowest BCUT2D eigenvalue weighted by Crippen LogP contribution is -2.36. The molecule has 0 aromatic heterocycles. The van der Waals surface area contributed by atoms with Crippen molar-refractivity contribution >= 4 is 5.91 Å². The van der Waals surface area contributed by atoms with Crippen molar-refractivity contribution in [3.63, 3.8) is 0 Å². The van der Waals surface area contributed by atoms with Crippen molar-refractivity contribution in [2.24, 2.45) is 5.92 Å². The molecule has 76 valence electrons. The Kier molecular flexibility index (Phi) is 3.72. The number of likely N-dealkylation sites (tertiary alicyclic amines) is 1. The van der Waals surface area contributed by atoms with E-state index in [9.17, 15) is 4.79 Å². The van der Waals surface area contributed by atoms with Crippen LogP contribution in [0.5, 0.6) is 0 Å². The van der Waals surface area contributed by atoms with E-state index in [0.29, 0.717) is 6.04 Å². The van der Waals surface area contributed by atoms with Crippen molar-refractivity contribution in [3.05, 3.63) is 0 Å². The molecular weight excluding hydrogens is 164 g/mol. The largest absolute Gasteiger partial charge is 0.352 e. The molecule has 1 unspecified atom stereocenters. The molecule has 13 heavy (non-hydrogen) atoms. The van der Waals surface area contributed by atoms with Gasteiger partial charge in [0.25, 0.3) is 0 Å². The molecule has 0 spiro atoms. The van der Waals surface area contributed by atoms with E-state index < -0.39 is 0 Å². The quantitative estimate of drug-likeness (QED) is 0.705. The molecule has 0 aromatic carbocycles. The number of hydrogen-bond donors (Lipinski definition) is 1. The molecule has 1 fully saturated rings. The molecule has 1 atom stereocenters. The first-order valence-electron chi connectivity index (χ1n) is 5.07. The standard InChI is InChI=1S/C10H20N2O/c1-8(2)6-12-5-4-10(7-12)11-9(3)13/h8,10H,4-7H2,1-3H3,(H,11,13). The third-order valence-electron chi connectivity index (χ3n) is 2.30. The van der Waals surface area contributed by atoms with Gasteiger partial charge in [-0.05, 0) is 12.3 Å². The predicted molar refractivity (Wildman–Crippen MR) is 53.5 cm³/mol. The number of nitrogens with zero attached hydrogens (tertiary/aromatic N) is 1. The second-order valence-corrected chi connectivity index (χ2v) is 4.34. The van der Waals surface area contributed by atoms with E-state index in [4.69, 9.17) is 0 Å². The van der Waals surface area contributed by atoms with Crippen molar-refractivity contribution < 1.29 is 4.79 Å². The third kappa shape index (κ3) is 3.77. The third-order valence-corrected chi connectivity index (χ3v) is 2.30. The number of nitrogens with one attached hydrogen (secondary N) is 1. The molecule has 3 nitrogen and oxygen atoms in total. The number of amides is 1. The Morgan fingerprint density at radius 1 is 1.62 bits per heavy atom. The normalized spacial score (nSPS) is 23.8. The molecule has 1 heterocycles. The molecule has 0 radical (unpaired) electrons. The number of carbonyl (C=O) groups excluding carboxylic acids is 1. The molecule has 0 aromatic rings. The Morgan fingerprint density at radius 3 is 2.85 bits per heavy atom. The Balaban J connectivity index is 2.24. The van der Waals surface area contributed by atoms with Crippen molar-refractivity contribution in [1.29, 1.82) is 0 Å². The second-order valence-electron chi connectivity index (χ2n) is 4.34. The van der Waals surface area contributed by atoms with E-state index in [-0.39, 0.29) is 5.91 Å². The summed E-state index contributed by atoms with van der Waals surface area (Å²) < 4.78 is 0. The minimum Gasteiger partial charge on any atom is -0.352 e. The van der Waals surface area contributed by atoms with Gasteiger partial charge in [-0.15, -0.1) is 0 Å². The van der Waals surface area contributed by atoms with Crippen LogP contribution in [0.3, 0.4) is 0 Å². The summed E-state index contributed by atoms with van der Waals surface area (Å²) >= 11 is 0. The Bertz CT molecular complexity index is 180. The van der Waals surface area contributed by atoms with Gasteiger partial charge in [0.15, 0.2) is 0 Å². The van der Waals surface area contributed by atoms with Crippen molar-refractivity contribution in [3.8, 4) is 0 Å². The van der Waals surface area contributed by atoms with Gasteiger partial charge in [0, 0.05) is 32.6 Å². The highest BCUT2D eigenvalue weighted by Crippen LogP contribution is 2.10. The van der Waals surface area contributed by atoms with Crippen molar-refractivity contribution in [2.75, 3.05) is 19.6 Å². The van der Waals surface area contributed by atoms with Gasteiger partial charge in [-0.1, -0.05) is 13.8 Å². The lowest BCUT2D eigenvalue weighted by molar-refractivity contribution is -0.119. The molecule has 1 rings (SSSR count). The lowest BCUT2D eigenvalue weighted by Gasteiger charge is -2.18. The summed E-state index contributed by atoms with van der Waals surface area (Å²) in [5, 5.41) is 2.96. The van der Waals surface area contributed by atoms with Gasteiger partial charge in [-0.25, -0.2) is 0 Å². The summed E-state index contributed by atoms with van der Waals surface area (Å²) in [5.41, 5.74) is 0. The van der Waals surface area contributed by atoms with E-state index in [0.717, 1.165) is 32.0 Å². The summed E-state index contributed by atoms with van der Waals surface area (Å²) in [6.45, 7) is 9.35. The van der Waals surface area contributed by atoms with E-state index in [1.165, 1.54) is 0 Å². The topological polar surface area (TPSA) is 32.3 Å². The van der Waals surface area contributed by atoms with Gasteiger partial charge in [0.05, 0.1) is 0 Å². The zero-order chi connectivity index (χ0) is 9.84. The fourth-order valence-electron chi connectivity index (χ4n) is 1.92. The molecular formula is C10H20N2O. The highest BCUT2D eigenvalue weighted by molar-refractivity contribution is 5.73. The van der Waals surface area contributed by atoms with Crippen LogP contribution in [0.4, 0.5) is 0 Å². The van der Waals surface area contributed by atoms with Gasteiger partial charge < -0.3 is 10.2 Å². The molecule has 1 N–H and O–H groups in total. The minimum absolute atomic E-state index is 0.0939. The van der Waals surface area contributed by atoms with Gasteiger partial charge in [-0.3, -0.25) is 4.79 Å². The summed E-state index contributed by atoms with van der Waals surface area (Å²) in [4.78, 5) is 13.2. The highest BCUT2D eigenvalue weighted by atomic mass is 16.1. The van der Waals surface area contributed by atoms with Crippen LogP contribution in [-0.4, -0.2) is 36.5 Å². The van der Waals surface area contributed by atoms with E-state index in [1.54, 1.807) is 6.92 Å². The van der Waals surface area contributed by atoms with Gasteiger partial charge in [-0.2, -0.15) is 0 Å². The number of rotatable bonds is 3. The van der Waals surface area contributed by atoms with E-state index >= 15 is 0 Å². The zero-order valence-electron chi connectivity index (χ0n) is 8.84. The number of carbonyl (C=O) groups is 1.